The van der Waals surface area contributed by atoms with Crippen molar-refractivity contribution in [2.24, 2.45) is 0 Å². The topological polar surface area (TPSA) is 119 Å². The first kappa shape index (κ1) is 25.3. The summed E-state index contributed by atoms with van der Waals surface area (Å²) in [7, 11) is 3.13. The molecule has 0 saturated carbocycles. The van der Waals surface area contributed by atoms with Crippen LogP contribution in [-0.4, -0.2) is 74.7 Å². The number of aromatic amines is 1. The van der Waals surface area contributed by atoms with Crippen molar-refractivity contribution in [1.29, 1.82) is 0 Å². The van der Waals surface area contributed by atoms with Crippen molar-refractivity contribution in [2.75, 3.05) is 59.1 Å². The molecule has 0 spiro atoms. The van der Waals surface area contributed by atoms with Gasteiger partial charge in [-0.1, -0.05) is 6.07 Å². The minimum Gasteiger partial charge on any atom is -0.493 e. The lowest BCUT2D eigenvalue weighted by molar-refractivity contribution is 0.0344. The molecule has 1 aliphatic carbocycles. The molecule has 0 unspecified atom stereocenters. The van der Waals surface area contributed by atoms with Crippen LogP contribution in [0, 0.1) is 5.82 Å². The van der Waals surface area contributed by atoms with Gasteiger partial charge in [-0.2, -0.15) is 4.68 Å². The normalized spacial score (nSPS) is 11.2. The zero-order valence-corrected chi connectivity index (χ0v) is 20.1. The molecule has 192 valence electrons. The maximum atomic E-state index is 13.8. The summed E-state index contributed by atoms with van der Waals surface area (Å²) in [4.78, 5) is 13.1. The number of aliphatic hydroxyl groups excluding tert-OH is 1. The zero-order valence-electron chi connectivity index (χ0n) is 20.1. The molecule has 0 saturated heterocycles. The second kappa shape index (κ2) is 11.8. The van der Waals surface area contributed by atoms with E-state index in [1.807, 2.05) is 18.2 Å². The van der Waals surface area contributed by atoms with E-state index in [1.54, 1.807) is 26.4 Å². The van der Waals surface area contributed by atoms with Gasteiger partial charge >= 0.3 is 6.03 Å². The summed E-state index contributed by atoms with van der Waals surface area (Å²) in [5.74, 6) is 1.19. The highest BCUT2D eigenvalue weighted by molar-refractivity contribution is 6.07. The number of benzene rings is 2. The second-order valence-corrected chi connectivity index (χ2v) is 7.84. The molecule has 0 bridgehead atoms. The van der Waals surface area contributed by atoms with Crippen molar-refractivity contribution < 1.29 is 33.2 Å². The number of amides is 1. The highest BCUT2D eigenvalue weighted by Gasteiger charge is 2.25. The molecule has 11 heteroatoms. The van der Waals surface area contributed by atoms with E-state index in [0.29, 0.717) is 41.9 Å². The first-order valence-corrected chi connectivity index (χ1v) is 11.4. The molecule has 0 fully saturated rings. The summed E-state index contributed by atoms with van der Waals surface area (Å²) < 4.78 is 36.6. The zero-order chi connectivity index (χ0) is 25.5. The van der Waals surface area contributed by atoms with E-state index in [1.165, 1.54) is 16.8 Å². The summed E-state index contributed by atoms with van der Waals surface area (Å²) in [5.41, 5.74) is 1.93. The van der Waals surface area contributed by atoms with Crippen molar-refractivity contribution in [3.05, 3.63) is 48.3 Å². The highest BCUT2D eigenvalue weighted by Crippen LogP contribution is 2.43. The van der Waals surface area contributed by atoms with Crippen molar-refractivity contribution in [3.63, 3.8) is 0 Å². The third-order valence-corrected chi connectivity index (χ3v) is 5.52. The van der Waals surface area contributed by atoms with Gasteiger partial charge in [0.25, 0.3) is 0 Å². The fraction of sp³-hybridized carbons (Fsp3) is 0.320. The molecule has 0 atom stereocenters. The second-order valence-electron chi connectivity index (χ2n) is 7.84. The molecule has 1 amide bonds. The third-order valence-electron chi connectivity index (χ3n) is 5.52. The molecule has 10 nitrogen and oxygen atoms in total. The van der Waals surface area contributed by atoms with Gasteiger partial charge in [0.1, 0.15) is 11.6 Å². The van der Waals surface area contributed by atoms with Gasteiger partial charge in [-0.15, -0.1) is 0 Å². The van der Waals surface area contributed by atoms with Crippen LogP contribution in [0.1, 0.15) is 0 Å². The number of hydrogen-bond acceptors (Lipinski definition) is 7. The Bertz CT molecular complexity index is 1290. The maximum Gasteiger partial charge on any atom is 0.342 e. The molecule has 0 aromatic heterocycles. The van der Waals surface area contributed by atoms with Crippen LogP contribution in [0.2, 0.25) is 0 Å². The lowest BCUT2D eigenvalue weighted by Crippen LogP contribution is -2.32. The van der Waals surface area contributed by atoms with E-state index in [9.17, 15) is 9.18 Å². The molecule has 2 aliphatic rings. The molecule has 36 heavy (non-hydrogen) atoms. The number of hydrogen-bond donors (Lipinski definition) is 4. The van der Waals surface area contributed by atoms with Gasteiger partial charge in [0.15, 0.2) is 11.5 Å². The number of carbonyl (C=O) groups excluding carboxylic acids is 1. The fourth-order valence-corrected chi connectivity index (χ4v) is 3.87. The van der Waals surface area contributed by atoms with Gasteiger partial charge in [-0.3, -0.25) is 5.10 Å². The smallest absolute Gasteiger partial charge is 0.342 e. The van der Waals surface area contributed by atoms with E-state index >= 15 is 0 Å². The summed E-state index contributed by atoms with van der Waals surface area (Å²) in [6.07, 6.45) is 0. The number of aliphatic hydroxyl groups is 1. The molecule has 1 heterocycles. The summed E-state index contributed by atoms with van der Waals surface area (Å²) in [6, 6.07) is 11.2. The van der Waals surface area contributed by atoms with Crippen LogP contribution in [0.5, 0.6) is 11.5 Å². The van der Waals surface area contributed by atoms with Crippen LogP contribution in [-0.2, 0) is 9.47 Å². The lowest BCUT2D eigenvalue weighted by Gasteiger charge is -2.12. The van der Waals surface area contributed by atoms with Crippen LogP contribution in [0.3, 0.4) is 0 Å². The van der Waals surface area contributed by atoms with E-state index in [0.717, 1.165) is 16.3 Å². The minimum absolute atomic E-state index is 0.0401. The number of nitrogens with one attached hydrogen (secondary N) is 3. The summed E-state index contributed by atoms with van der Waals surface area (Å²) in [5, 5.41) is 19.5. The number of anilines is 2. The quantitative estimate of drug-likeness (QED) is 0.220. The number of ether oxygens (including phenoxy) is 4. The number of fused-ring (bicyclic) bond motifs is 3. The fourth-order valence-electron chi connectivity index (χ4n) is 3.87. The van der Waals surface area contributed by atoms with Gasteiger partial charge in [-0.05, 0) is 41.8 Å². The van der Waals surface area contributed by atoms with Crippen molar-refractivity contribution >= 4 is 28.3 Å². The molecule has 2 aromatic carbocycles. The van der Waals surface area contributed by atoms with Crippen LogP contribution >= 0.6 is 0 Å². The van der Waals surface area contributed by atoms with Gasteiger partial charge in [-0.25, -0.2) is 9.18 Å². The Kier molecular flexibility index (Phi) is 8.26. The molecule has 2 aromatic rings. The summed E-state index contributed by atoms with van der Waals surface area (Å²) >= 11 is 0. The van der Waals surface area contributed by atoms with Crippen molar-refractivity contribution in [1.82, 2.24) is 15.1 Å². The Labute approximate surface area is 207 Å². The number of rotatable bonds is 12. The monoisotopic (exact) mass is 500 g/mol. The Balaban J connectivity index is 1.59. The lowest BCUT2D eigenvalue weighted by atomic mass is 10.2. The average Bonchev–Trinajstić information content (AvgIpc) is 3.40. The van der Waals surface area contributed by atoms with E-state index in [-0.39, 0.29) is 26.4 Å². The first-order valence-electron chi connectivity index (χ1n) is 11.4. The molecule has 1 aliphatic heterocycles. The third kappa shape index (κ3) is 5.54. The minimum atomic E-state index is -0.418. The highest BCUT2D eigenvalue weighted by atomic mass is 19.1. The van der Waals surface area contributed by atoms with Crippen LogP contribution in [0.4, 0.5) is 20.7 Å². The summed E-state index contributed by atoms with van der Waals surface area (Å²) in [6.45, 7) is 1.48. The van der Waals surface area contributed by atoms with Gasteiger partial charge in [0.2, 0.25) is 0 Å². The Morgan fingerprint density at radius 3 is 2.50 bits per heavy atom. The number of carbonyl (C=O) groups is 1. The number of H-pyrrole nitrogens is 1. The SMILES string of the molecule is COc1cc2cc3c(Nc4cccc(F)c4)n(C(=O)NCCOCCOCCO)[nH]c-3c2cc1OC. The first-order chi connectivity index (χ1) is 17.5. The van der Waals surface area contributed by atoms with Gasteiger partial charge < -0.3 is 34.7 Å². The predicted octanol–water partition coefficient (Wildman–Crippen LogP) is 3.56. The molecular formula is C25H29FN4O6. The van der Waals surface area contributed by atoms with E-state index in [2.05, 4.69) is 15.7 Å². The molecule has 4 N–H and O–H groups in total. The van der Waals surface area contributed by atoms with Crippen LogP contribution < -0.4 is 20.1 Å². The molecular weight excluding hydrogens is 471 g/mol. The van der Waals surface area contributed by atoms with Crippen LogP contribution in [0.25, 0.3) is 22.0 Å². The Hall–Kier alpha value is -3.80. The Morgan fingerprint density at radius 2 is 1.78 bits per heavy atom. The number of aromatic nitrogens is 2. The largest absolute Gasteiger partial charge is 0.493 e. The van der Waals surface area contributed by atoms with E-state index < -0.39 is 11.8 Å². The maximum absolute atomic E-state index is 13.8. The Morgan fingerprint density at radius 1 is 1.03 bits per heavy atom. The van der Waals surface area contributed by atoms with E-state index in [4.69, 9.17) is 24.1 Å². The number of halogens is 1. The molecule has 4 rings (SSSR count). The molecule has 0 radical (unpaired) electrons. The van der Waals surface area contributed by atoms with Gasteiger partial charge in [0, 0.05) is 23.2 Å². The number of methoxy groups -OCH3 is 2. The van der Waals surface area contributed by atoms with Crippen molar-refractivity contribution in [2.45, 2.75) is 0 Å². The average molecular weight is 501 g/mol. The van der Waals surface area contributed by atoms with Gasteiger partial charge in [0.05, 0.1) is 52.9 Å². The standard InChI is InChI=1S/C25H29FN4O6/c1-33-21-13-16-12-20-23(19(16)15-22(21)34-2)29-30(24(20)28-18-5-3-4-17(26)14-18)25(32)27-6-8-35-10-11-36-9-7-31/h3-5,12-15,28-29,31H,6-11H2,1-2H3,(H,27,32). The predicted molar refractivity (Wildman–Crippen MR) is 133 cm³/mol. The van der Waals surface area contributed by atoms with Crippen molar-refractivity contribution in [3.8, 4) is 22.8 Å². The number of nitrogens with zero attached hydrogens (tertiary/aromatic N) is 1. The van der Waals surface area contributed by atoms with Crippen LogP contribution in [0.15, 0.2) is 42.5 Å².